The zero-order valence-corrected chi connectivity index (χ0v) is 13.7. The van der Waals surface area contributed by atoms with Gasteiger partial charge in [0, 0.05) is 18.9 Å². The van der Waals surface area contributed by atoms with Crippen LogP contribution in [0.4, 0.5) is 0 Å². The average Bonchev–Trinajstić information content (AvgIpc) is 2.83. The lowest BCUT2D eigenvalue weighted by Crippen LogP contribution is -2.38. The number of likely N-dealkylation sites (tertiary alicyclic amines) is 1. The van der Waals surface area contributed by atoms with Gasteiger partial charge in [0.1, 0.15) is 11.5 Å². The van der Waals surface area contributed by atoms with E-state index in [9.17, 15) is 4.79 Å². The van der Waals surface area contributed by atoms with E-state index in [0.29, 0.717) is 5.91 Å². The fourth-order valence-electron chi connectivity index (χ4n) is 3.27. The molecule has 1 amide bonds. The molecule has 2 atom stereocenters. The maximum atomic E-state index is 12.8. The Balaban J connectivity index is 2.19. The Kier molecular flexibility index (Phi) is 5.89. The quantitative estimate of drug-likeness (QED) is 0.786. The minimum atomic E-state index is 0.121. The van der Waals surface area contributed by atoms with E-state index in [2.05, 4.69) is 37.8 Å². The molecular formula is C18H29NO2. The molecule has 0 saturated carbocycles. The van der Waals surface area contributed by atoms with E-state index in [0.717, 1.165) is 50.2 Å². The van der Waals surface area contributed by atoms with Gasteiger partial charge in [0.2, 0.25) is 5.91 Å². The second kappa shape index (κ2) is 7.67. The molecule has 3 heteroatoms. The smallest absolute Gasteiger partial charge is 0.226 e. The highest BCUT2D eigenvalue weighted by molar-refractivity contribution is 5.79. The third-order valence-electron chi connectivity index (χ3n) is 4.54. The van der Waals surface area contributed by atoms with E-state index in [-0.39, 0.29) is 12.0 Å². The largest absolute Gasteiger partial charge is 0.464 e. The molecule has 1 aliphatic heterocycles. The third-order valence-corrected chi connectivity index (χ3v) is 4.54. The third kappa shape index (κ3) is 3.90. The van der Waals surface area contributed by atoms with Crippen molar-refractivity contribution >= 4 is 5.91 Å². The van der Waals surface area contributed by atoms with Crippen LogP contribution in [0.1, 0.15) is 76.9 Å². The molecule has 0 radical (unpaired) electrons. The summed E-state index contributed by atoms with van der Waals surface area (Å²) in [5, 5.41) is 0. The van der Waals surface area contributed by atoms with Crippen molar-refractivity contribution in [2.45, 2.75) is 71.8 Å². The number of carbonyl (C=O) groups excluding carboxylic acids is 1. The van der Waals surface area contributed by atoms with Gasteiger partial charge in [-0.05, 0) is 31.4 Å². The highest BCUT2D eigenvalue weighted by Gasteiger charge is 2.31. The van der Waals surface area contributed by atoms with Crippen molar-refractivity contribution in [1.29, 1.82) is 0 Å². The predicted octanol–water partition coefficient (Wildman–Crippen LogP) is 4.72. The van der Waals surface area contributed by atoms with E-state index in [1.165, 1.54) is 12.8 Å². The lowest BCUT2D eigenvalue weighted by Gasteiger charge is -2.31. The molecule has 0 aromatic carbocycles. The first-order valence-electron chi connectivity index (χ1n) is 8.56. The van der Waals surface area contributed by atoms with E-state index in [1.54, 1.807) is 0 Å². The number of furan rings is 1. The van der Waals surface area contributed by atoms with E-state index in [1.807, 2.05) is 0 Å². The summed E-state index contributed by atoms with van der Waals surface area (Å²) in [4.78, 5) is 14.9. The number of nitrogens with zero attached hydrogens (tertiary/aromatic N) is 1. The van der Waals surface area contributed by atoms with Gasteiger partial charge in [-0.2, -0.15) is 0 Å². The molecule has 1 saturated heterocycles. The number of carbonyl (C=O) groups is 1. The van der Waals surface area contributed by atoms with Crippen molar-refractivity contribution in [2.24, 2.45) is 5.92 Å². The minimum absolute atomic E-state index is 0.121. The number of hydrogen-bond donors (Lipinski definition) is 0. The van der Waals surface area contributed by atoms with Gasteiger partial charge < -0.3 is 9.32 Å². The summed E-state index contributed by atoms with van der Waals surface area (Å²) in [6.45, 7) is 7.18. The van der Waals surface area contributed by atoms with Crippen LogP contribution in [0.15, 0.2) is 16.5 Å². The molecular weight excluding hydrogens is 262 g/mol. The van der Waals surface area contributed by atoms with Gasteiger partial charge in [-0.1, -0.05) is 40.0 Å². The first kappa shape index (κ1) is 16.1. The highest BCUT2D eigenvalue weighted by Crippen LogP contribution is 2.33. The SMILES string of the molecule is CCCC(C)C(=O)N1CCCCCC1c1ccc(CC)o1. The van der Waals surface area contributed by atoms with E-state index < -0.39 is 0 Å². The van der Waals surface area contributed by atoms with E-state index >= 15 is 0 Å². The van der Waals surface area contributed by atoms with Crippen LogP contribution in [0.5, 0.6) is 0 Å². The lowest BCUT2D eigenvalue weighted by molar-refractivity contribution is -0.138. The van der Waals surface area contributed by atoms with Crippen molar-refractivity contribution in [2.75, 3.05) is 6.54 Å². The summed E-state index contributed by atoms with van der Waals surface area (Å²) in [6, 6.07) is 4.26. The van der Waals surface area contributed by atoms with Crippen molar-refractivity contribution in [3.05, 3.63) is 23.7 Å². The zero-order chi connectivity index (χ0) is 15.2. The fraction of sp³-hybridized carbons (Fsp3) is 0.722. The van der Waals surface area contributed by atoms with Crippen LogP contribution in [0.25, 0.3) is 0 Å². The maximum Gasteiger partial charge on any atom is 0.226 e. The molecule has 118 valence electrons. The maximum absolute atomic E-state index is 12.8. The molecule has 0 bridgehead atoms. The van der Waals surface area contributed by atoms with Crippen LogP contribution in [0, 0.1) is 5.92 Å². The number of aryl methyl sites for hydroxylation is 1. The Morgan fingerprint density at radius 3 is 2.81 bits per heavy atom. The summed E-state index contributed by atoms with van der Waals surface area (Å²) in [5.41, 5.74) is 0. The second-order valence-corrected chi connectivity index (χ2v) is 6.24. The van der Waals surface area contributed by atoms with Crippen LogP contribution < -0.4 is 0 Å². The summed E-state index contributed by atoms with van der Waals surface area (Å²) >= 11 is 0. The molecule has 0 spiro atoms. The standard InChI is InChI=1S/C18H29NO2/c1-4-9-14(3)18(20)19-13-8-6-7-10-16(19)17-12-11-15(5-2)21-17/h11-12,14,16H,4-10,13H2,1-3H3. The van der Waals surface area contributed by atoms with Crippen LogP contribution in [0.3, 0.4) is 0 Å². The van der Waals surface area contributed by atoms with Gasteiger partial charge in [0.05, 0.1) is 6.04 Å². The van der Waals surface area contributed by atoms with Crippen molar-refractivity contribution in [1.82, 2.24) is 4.90 Å². The van der Waals surface area contributed by atoms with Crippen LogP contribution in [-0.4, -0.2) is 17.4 Å². The summed E-state index contributed by atoms with van der Waals surface area (Å²) in [6.07, 6.45) is 7.48. The highest BCUT2D eigenvalue weighted by atomic mass is 16.3. The first-order valence-corrected chi connectivity index (χ1v) is 8.56. The van der Waals surface area contributed by atoms with Crippen LogP contribution in [0.2, 0.25) is 0 Å². The topological polar surface area (TPSA) is 33.5 Å². The Bertz CT molecular complexity index is 452. The normalized spacial score (nSPS) is 21.1. The molecule has 2 unspecified atom stereocenters. The summed E-state index contributed by atoms with van der Waals surface area (Å²) in [5.74, 6) is 2.42. The minimum Gasteiger partial charge on any atom is -0.464 e. The molecule has 21 heavy (non-hydrogen) atoms. The predicted molar refractivity (Wildman–Crippen MR) is 85.1 cm³/mol. The Labute approximate surface area is 128 Å². The Morgan fingerprint density at radius 2 is 2.14 bits per heavy atom. The Morgan fingerprint density at radius 1 is 1.33 bits per heavy atom. The molecule has 1 fully saturated rings. The van der Waals surface area contributed by atoms with Gasteiger partial charge in [0.25, 0.3) is 0 Å². The first-order chi connectivity index (χ1) is 10.2. The molecule has 3 nitrogen and oxygen atoms in total. The molecule has 0 N–H and O–H groups in total. The lowest BCUT2D eigenvalue weighted by atomic mass is 10.0. The van der Waals surface area contributed by atoms with Crippen LogP contribution in [-0.2, 0) is 11.2 Å². The van der Waals surface area contributed by atoms with Gasteiger partial charge >= 0.3 is 0 Å². The average molecular weight is 291 g/mol. The zero-order valence-electron chi connectivity index (χ0n) is 13.7. The number of rotatable bonds is 5. The molecule has 1 aromatic heterocycles. The van der Waals surface area contributed by atoms with Gasteiger partial charge in [-0.3, -0.25) is 4.79 Å². The summed E-state index contributed by atoms with van der Waals surface area (Å²) < 4.78 is 5.95. The van der Waals surface area contributed by atoms with Crippen molar-refractivity contribution in [3.63, 3.8) is 0 Å². The Hall–Kier alpha value is -1.25. The van der Waals surface area contributed by atoms with Gasteiger partial charge in [-0.25, -0.2) is 0 Å². The molecule has 1 aliphatic rings. The molecule has 2 heterocycles. The molecule has 0 aliphatic carbocycles. The van der Waals surface area contributed by atoms with Crippen molar-refractivity contribution < 1.29 is 9.21 Å². The van der Waals surface area contributed by atoms with Gasteiger partial charge in [0.15, 0.2) is 0 Å². The van der Waals surface area contributed by atoms with E-state index in [4.69, 9.17) is 4.42 Å². The van der Waals surface area contributed by atoms with Crippen molar-refractivity contribution in [3.8, 4) is 0 Å². The monoisotopic (exact) mass is 291 g/mol. The van der Waals surface area contributed by atoms with Gasteiger partial charge in [-0.15, -0.1) is 0 Å². The molecule has 1 aromatic rings. The fourth-order valence-corrected chi connectivity index (χ4v) is 3.27. The summed E-state index contributed by atoms with van der Waals surface area (Å²) in [7, 11) is 0. The van der Waals surface area contributed by atoms with Crippen LogP contribution >= 0.6 is 0 Å². The molecule has 2 rings (SSSR count). The number of hydrogen-bond acceptors (Lipinski definition) is 2. The number of amides is 1. The second-order valence-electron chi connectivity index (χ2n) is 6.24.